The number of aliphatic carboxylic acids is 2. The fourth-order valence-corrected chi connectivity index (χ4v) is 2.83. The Morgan fingerprint density at radius 2 is 1.62 bits per heavy atom. The summed E-state index contributed by atoms with van der Waals surface area (Å²) in [6.45, 7) is 1.00. The highest BCUT2D eigenvalue weighted by Crippen LogP contribution is 2.31. The van der Waals surface area contributed by atoms with Crippen LogP contribution in [-0.4, -0.2) is 71.0 Å². The monoisotopic (exact) mass is 399 g/mol. The molecule has 0 aliphatic carbocycles. The zero-order valence-electron chi connectivity index (χ0n) is 16.0. The topological polar surface area (TPSA) is 141 Å². The Kier molecular flexibility index (Phi) is 6.68. The van der Waals surface area contributed by atoms with E-state index < -0.39 is 11.9 Å². The summed E-state index contributed by atoms with van der Waals surface area (Å²) in [5.41, 5.74) is 7.49. The van der Waals surface area contributed by atoms with E-state index >= 15 is 0 Å². The molecule has 0 aromatic heterocycles. The Bertz CT molecular complexity index is 997. The van der Waals surface area contributed by atoms with E-state index in [1.165, 1.54) is 4.90 Å². The van der Waals surface area contributed by atoms with Crippen molar-refractivity contribution in [3.8, 4) is 0 Å². The van der Waals surface area contributed by atoms with Gasteiger partial charge in [-0.05, 0) is 37.7 Å². The molecule has 2 aromatic carbocycles. The van der Waals surface area contributed by atoms with Gasteiger partial charge < -0.3 is 20.8 Å². The quantitative estimate of drug-likeness (QED) is 0.388. The molecular weight excluding hydrogens is 378 g/mol. The molecule has 1 aliphatic heterocycles. The van der Waals surface area contributed by atoms with Crippen molar-refractivity contribution in [3.05, 3.63) is 53.6 Å². The van der Waals surface area contributed by atoms with Crippen LogP contribution in [0.4, 0.5) is 5.69 Å². The maximum atomic E-state index is 12.6. The highest BCUT2D eigenvalue weighted by molar-refractivity contribution is 6.25. The number of imide groups is 1. The highest BCUT2D eigenvalue weighted by Gasteiger charge is 2.32. The third-order valence-corrected chi connectivity index (χ3v) is 4.09. The number of nitrogen functional groups attached to an aromatic ring is 1. The van der Waals surface area contributed by atoms with Crippen LogP contribution in [0.15, 0.2) is 42.5 Å². The number of benzene rings is 2. The Balaban J connectivity index is 0.000000321. The predicted molar refractivity (Wildman–Crippen MR) is 107 cm³/mol. The molecule has 0 atom stereocenters. The fraction of sp³-hybridized carbons (Fsp3) is 0.200. The second-order valence-corrected chi connectivity index (χ2v) is 6.55. The molecule has 3 rings (SSSR count). The number of hydrogen-bond donors (Lipinski definition) is 3. The maximum absolute atomic E-state index is 12.6. The summed E-state index contributed by atoms with van der Waals surface area (Å²) < 4.78 is 0. The molecule has 9 heteroatoms. The SMILES string of the molecule is CN(C)CCN1C(=O)c2cccc3cc(N)cc(c23)C1=O.O=C(O)/C=C/C(=O)O. The van der Waals surface area contributed by atoms with E-state index in [-0.39, 0.29) is 11.8 Å². The van der Waals surface area contributed by atoms with E-state index in [0.29, 0.717) is 47.4 Å². The molecule has 0 radical (unpaired) electrons. The van der Waals surface area contributed by atoms with Crippen LogP contribution in [0, 0.1) is 0 Å². The van der Waals surface area contributed by atoms with Gasteiger partial charge in [-0.2, -0.15) is 0 Å². The van der Waals surface area contributed by atoms with Crippen LogP contribution in [0.5, 0.6) is 0 Å². The lowest BCUT2D eigenvalue weighted by Gasteiger charge is -2.28. The van der Waals surface area contributed by atoms with Crippen LogP contribution in [0.1, 0.15) is 20.7 Å². The van der Waals surface area contributed by atoms with Crippen LogP contribution in [0.3, 0.4) is 0 Å². The van der Waals surface area contributed by atoms with Crippen LogP contribution in [0.25, 0.3) is 10.8 Å². The molecule has 1 aliphatic rings. The minimum Gasteiger partial charge on any atom is -0.478 e. The van der Waals surface area contributed by atoms with E-state index in [9.17, 15) is 19.2 Å². The van der Waals surface area contributed by atoms with Crippen LogP contribution in [-0.2, 0) is 9.59 Å². The number of carbonyl (C=O) groups is 4. The molecule has 0 bridgehead atoms. The van der Waals surface area contributed by atoms with Gasteiger partial charge >= 0.3 is 11.9 Å². The zero-order chi connectivity index (χ0) is 21.7. The third kappa shape index (κ3) is 5.17. The van der Waals surface area contributed by atoms with Gasteiger partial charge in [-0.25, -0.2) is 9.59 Å². The number of nitrogens with zero attached hydrogens (tertiary/aromatic N) is 2. The second-order valence-electron chi connectivity index (χ2n) is 6.55. The largest absolute Gasteiger partial charge is 0.478 e. The first-order valence-corrected chi connectivity index (χ1v) is 8.59. The number of anilines is 1. The molecule has 2 amide bonds. The molecular formula is C20H21N3O6. The van der Waals surface area contributed by atoms with Crippen molar-refractivity contribution in [2.24, 2.45) is 0 Å². The lowest BCUT2D eigenvalue weighted by atomic mass is 9.93. The standard InChI is InChI=1S/C16H17N3O2.C4H4O4/c1-18(2)6-7-19-15(20)12-5-3-4-10-8-11(17)9-13(14(10)12)16(19)21;5-3(6)1-2-4(7)8/h3-5,8-9H,6-7,17H2,1-2H3;1-2H,(H,5,6)(H,7,8)/b;2-1+. The van der Waals surface area contributed by atoms with Crippen LogP contribution >= 0.6 is 0 Å². The van der Waals surface area contributed by atoms with Gasteiger partial charge in [-0.3, -0.25) is 14.5 Å². The lowest BCUT2D eigenvalue weighted by molar-refractivity contribution is -0.134. The van der Waals surface area contributed by atoms with E-state index in [2.05, 4.69) is 0 Å². The summed E-state index contributed by atoms with van der Waals surface area (Å²) in [5.74, 6) is -3.01. The number of carbonyl (C=O) groups excluding carboxylic acids is 2. The summed E-state index contributed by atoms with van der Waals surface area (Å²) in [5, 5.41) is 17.2. The highest BCUT2D eigenvalue weighted by atomic mass is 16.4. The van der Waals surface area contributed by atoms with Gasteiger partial charge in [0, 0.05) is 41.9 Å². The number of hydrogen-bond acceptors (Lipinski definition) is 6. The van der Waals surface area contributed by atoms with Crippen molar-refractivity contribution in [3.63, 3.8) is 0 Å². The van der Waals surface area contributed by atoms with Crippen molar-refractivity contribution in [1.29, 1.82) is 0 Å². The molecule has 2 aromatic rings. The number of amides is 2. The minimum absolute atomic E-state index is 0.232. The minimum atomic E-state index is -1.26. The van der Waals surface area contributed by atoms with Crippen molar-refractivity contribution in [2.45, 2.75) is 0 Å². The Morgan fingerprint density at radius 3 is 2.17 bits per heavy atom. The number of nitrogens with two attached hydrogens (primary N) is 1. The van der Waals surface area contributed by atoms with E-state index in [1.54, 1.807) is 18.2 Å². The normalized spacial score (nSPS) is 13.0. The van der Waals surface area contributed by atoms with E-state index in [0.717, 1.165) is 5.39 Å². The molecule has 0 fully saturated rings. The number of carboxylic acids is 2. The van der Waals surface area contributed by atoms with Crippen LogP contribution < -0.4 is 5.73 Å². The number of likely N-dealkylation sites (N-methyl/N-ethyl adjacent to an activating group) is 1. The van der Waals surface area contributed by atoms with Gasteiger partial charge in [0.2, 0.25) is 0 Å². The van der Waals surface area contributed by atoms with Crippen molar-refractivity contribution in [2.75, 3.05) is 32.9 Å². The number of rotatable bonds is 5. The molecule has 0 unspecified atom stereocenters. The Morgan fingerprint density at radius 1 is 1.03 bits per heavy atom. The molecule has 152 valence electrons. The van der Waals surface area contributed by atoms with Crippen molar-refractivity contribution in [1.82, 2.24) is 9.80 Å². The van der Waals surface area contributed by atoms with Gasteiger partial charge in [0.15, 0.2) is 0 Å². The predicted octanol–water partition coefficient (Wildman–Crippen LogP) is 1.29. The first-order valence-electron chi connectivity index (χ1n) is 8.59. The second kappa shape index (κ2) is 8.98. The van der Waals surface area contributed by atoms with Gasteiger partial charge in [0.25, 0.3) is 11.8 Å². The van der Waals surface area contributed by atoms with Crippen molar-refractivity contribution < 1.29 is 29.4 Å². The first-order chi connectivity index (χ1) is 13.6. The Labute approximate surface area is 166 Å². The molecule has 29 heavy (non-hydrogen) atoms. The molecule has 0 saturated carbocycles. The fourth-order valence-electron chi connectivity index (χ4n) is 2.83. The average Bonchev–Trinajstić information content (AvgIpc) is 2.64. The van der Waals surface area contributed by atoms with Gasteiger partial charge in [0.1, 0.15) is 0 Å². The maximum Gasteiger partial charge on any atom is 0.328 e. The molecule has 0 saturated heterocycles. The summed E-state index contributed by atoms with van der Waals surface area (Å²) in [4.78, 5) is 47.5. The zero-order valence-corrected chi connectivity index (χ0v) is 16.0. The molecule has 9 nitrogen and oxygen atoms in total. The van der Waals surface area contributed by atoms with E-state index in [4.69, 9.17) is 15.9 Å². The van der Waals surface area contributed by atoms with Crippen molar-refractivity contribution >= 4 is 40.2 Å². The summed E-state index contributed by atoms with van der Waals surface area (Å²) in [6.07, 6.45) is 1.12. The van der Waals surface area contributed by atoms with Gasteiger partial charge in [0.05, 0.1) is 5.56 Å². The first kappa shape index (κ1) is 21.6. The smallest absolute Gasteiger partial charge is 0.328 e. The molecule has 1 heterocycles. The molecule has 0 spiro atoms. The lowest BCUT2D eigenvalue weighted by Crippen LogP contribution is -2.43. The third-order valence-electron chi connectivity index (χ3n) is 4.09. The van der Waals surface area contributed by atoms with E-state index in [1.807, 2.05) is 31.1 Å². The summed E-state index contributed by atoms with van der Waals surface area (Å²) >= 11 is 0. The average molecular weight is 399 g/mol. The summed E-state index contributed by atoms with van der Waals surface area (Å²) in [7, 11) is 3.82. The number of carboxylic acid groups (broad SMARTS) is 2. The molecule has 4 N–H and O–H groups in total. The van der Waals surface area contributed by atoms with Gasteiger partial charge in [-0.1, -0.05) is 12.1 Å². The van der Waals surface area contributed by atoms with Crippen LogP contribution in [0.2, 0.25) is 0 Å². The summed E-state index contributed by atoms with van der Waals surface area (Å²) in [6, 6.07) is 8.90. The van der Waals surface area contributed by atoms with Gasteiger partial charge in [-0.15, -0.1) is 0 Å². The Hall–Kier alpha value is -3.72.